The lowest BCUT2D eigenvalue weighted by Gasteiger charge is -2.10. The molecule has 2 aromatic heterocycles. The first kappa shape index (κ1) is 14.7. The van der Waals surface area contributed by atoms with Crippen molar-refractivity contribution in [3.63, 3.8) is 0 Å². The van der Waals surface area contributed by atoms with Gasteiger partial charge in [-0.25, -0.2) is 9.67 Å². The summed E-state index contributed by atoms with van der Waals surface area (Å²) in [4.78, 5) is 4.56. The standard InChI is InChI=1S/C19H19N5/c1-13-5-6-16-18(9-13)24-14(11-21-22-24)10-17-15(20-12-23(16)17)7-8-19(2,3)4/h5-6,9,11-12H,10H2,1-4H3. The van der Waals surface area contributed by atoms with E-state index in [1.54, 1.807) is 0 Å². The van der Waals surface area contributed by atoms with Gasteiger partial charge in [-0.15, -0.1) is 5.10 Å². The van der Waals surface area contributed by atoms with Gasteiger partial charge in [0.1, 0.15) is 12.0 Å². The lowest BCUT2D eigenvalue weighted by atomic mass is 9.98. The van der Waals surface area contributed by atoms with E-state index in [1.165, 1.54) is 5.56 Å². The van der Waals surface area contributed by atoms with Crippen molar-refractivity contribution >= 4 is 0 Å². The highest BCUT2D eigenvalue weighted by Crippen LogP contribution is 2.29. The van der Waals surface area contributed by atoms with Gasteiger partial charge in [-0.05, 0) is 51.3 Å². The van der Waals surface area contributed by atoms with Gasteiger partial charge in [-0.3, -0.25) is 4.57 Å². The number of hydrogen-bond donors (Lipinski definition) is 0. The third kappa shape index (κ3) is 2.41. The molecule has 0 saturated carbocycles. The second-order valence-electron chi connectivity index (χ2n) is 7.22. The Labute approximate surface area is 141 Å². The van der Waals surface area contributed by atoms with Gasteiger partial charge in [0.25, 0.3) is 0 Å². The largest absolute Gasteiger partial charge is 0.299 e. The Morgan fingerprint density at radius 3 is 2.79 bits per heavy atom. The van der Waals surface area contributed by atoms with Crippen molar-refractivity contribution in [2.24, 2.45) is 5.41 Å². The first-order valence-corrected chi connectivity index (χ1v) is 8.03. The van der Waals surface area contributed by atoms with Crippen LogP contribution in [0, 0.1) is 24.2 Å². The number of nitrogens with zero attached hydrogens (tertiary/aromatic N) is 5. The van der Waals surface area contributed by atoms with Gasteiger partial charge in [0.05, 0.1) is 29.0 Å². The Morgan fingerprint density at radius 1 is 1.17 bits per heavy atom. The van der Waals surface area contributed by atoms with Gasteiger partial charge >= 0.3 is 0 Å². The zero-order valence-corrected chi connectivity index (χ0v) is 14.3. The Kier molecular flexibility index (Phi) is 3.10. The number of imidazole rings is 1. The predicted octanol–water partition coefficient (Wildman–Crippen LogP) is 3.06. The Balaban J connectivity index is 1.96. The monoisotopic (exact) mass is 317 g/mol. The summed E-state index contributed by atoms with van der Waals surface area (Å²) in [6.07, 6.45) is 4.38. The molecule has 0 spiro atoms. The van der Waals surface area contributed by atoms with Crippen LogP contribution in [-0.2, 0) is 6.42 Å². The molecular weight excluding hydrogens is 298 g/mol. The summed E-state index contributed by atoms with van der Waals surface area (Å²) in [6, 6.07) is 6.34. The van der Waals surface area contributed by atoms with Crippen LogP contribution in [0.1, 0.15) is 43.4 Å². The van der Waals surface area contributed by atoms with E-state index in [-0.39, 0.29) is 5.41 Å². The zero-order valence-electron chi connectivity index (χ0n) is 14.3. The highest BCUT2D eigenvalue weighted by molar-refractivity contribution is 5.58. The number of aromatic nitrogens is 5. The van der Waals surface area contributed by atoms with E-state index in [1.807, 2.05) is 17.2 Å². The normalized spacial score (nSPS) is 12.5. The summed E-state index contributed by atoms with van der Waals surface area (Å²) < 4.78 is 4.03. The van der Waals surface area contributed by atoms with Gasteiger partial charge in [0.15, 0.2) is 0 Å². The van der Waals surface area contributed by atoms with Gasteiger partial charge in [0.2, 0.25) is 0 Å². The fourth-order valence-corrected chi connectivity index (χ4v) is 2.86. The van der Waals surface area contributed by atoms with Crippen molar-refractivity contribution in [2.45, 2.75) is 34.1 Å². The molecule has 0 aliphatic carbocycles. The van der Waals surface area contributed by atoms with Crippen LogP contribution in [0.5, 0.6) is 0 Å². The zero-order chi connectivity index (χ0) is 16.9. The van der Waals surface area contributed by atoms with Gasteiger partial charge in [0, 0.05) is 11.8 Å². The first-order chi connectivity index (χ1) is 11.4. The highest BCUT2D eigenvalue weighted by atomic mass is 15.4. The van der Waals surface area contributed by atoms with Gasteiger partial charge in [-0.1, -0.05) is 17.2 Å². The van der Waals surface area contributed by atoms with Crippen LogP contribution in [0.2, 0.25) is 0 Å². The lowest BCUT2D eigenvalue weighted by Crippen LogP contribution is -2.03. The van der Waals surface area contributed by atoms with E-state index in [2.05, 4.69) is 77.6 Å². The third-order valence-corrected chi connectivity index (χ3v) is 4.01. The predicted molar refractivity (Wildman–Crippen MR) is 92.4 cm³/mol. The maximum absolute atomic E-state index is 4.56. The van der Waals surface area contributed by atoms with E-state index in [0.29, 0.717) is 6.42 Å². The maximum atomic E-state index is 4.56. The molecule has 5 nitrogen and oxygen atoms in total. The summed E-state index contributed by atoms with van der Waals surface area (Å²) in [5.41, 5.74) is 6.15. The number of hydrogen-bond acceptors (Lipinski definition) is 3. The molecule has 3 heterocycles. The quantitative estimate of drug-likeness (QED) is 0.468. The SMILES string of the molecule is Cc1ccc2c(c1)-n1nncc1Cc1c(C#CC(C)(C)C)ncn1-2. The summed E-state index contributed by atoms with van der Waals surface area (Å²) in [6.45, 7) is 8.39. The Morgan fingerprint density at radius 2 is 2.00 bits per heavy atom. The molecule has 0 unspecified atom stereocenters. The summed E-state index contributed by atoms with van der Waals surface area (Å²) in [7, 11) is 0. The molecule has 0 atom stereocenters. The van der Waals surface area contributed by atoms with Crippen LogP contribution in [0.25, 0.3) is 11.4 Å². The molecule has 0 N–H and O–H groups in total. The Bertz CT molecular complexity index is 989. The second-order valence-corrected chi connectivity index (χ2v) is 7.22. The summed E-state index contributed by atoms with van der Waals surface area (Å²) in [5, 5.41) is 8.37. The lowest BCUT2D eigenvalue weighted by molar-refractivity contribution is 0.571. The molecule has 1 aliphatic heterocycles. The number of benzene rings is 1. The molecule has 24 heavy (non-hydrogen) atoms. The van der Waals surface area contributed by atoms with Crippen molar-refractivity contribution in [3.8, 4) is 23.2 Å². The molecule has 120 valence electrons. The Hall–Kier alpha value is -2.87. The van der Waals surface area contributed by atoms with Crippen LogP contribution in [0.15, 0.2) is 30.7 Å². The van der Waals surface area contributed by atoms with Crippen LogP contribution in [0.4, 0.5) is 0 Å². The average Bonchev–Trinajstić information content (AvgIpc) is 3.10. The number of fused-ring (bicyclic) bond motifs is 5. The second kappa shape index (κ2) is 5.07. The molecule has 4 rings (SSSR count). The summed E-state index contributed by atoms with van der Waals surface area (Å²) >= 11 is 0. The molecule has 0 amide bonds. The third-order valence-electron chi connectivity index (χ3n) is 4.01. The van der Waals surface area contributed by atoms with Crippen LogP contribution in [-0.4, -0.2) is 24.5 Å². The van der Waals surface area contributed by atoms with Crippen molar-refractivity contribution in [1.82, 2.24) is 24.5 Å². The first-order valence-electron chi connectivity index (χ1n) is 8.03. The maximum Gasteiger partial charge on any atom is 0.135 e. The average molecular weight is 317 g/mol. The minimum absolute atomic E-state index is 0.0560. The number of aryl methyl sites for hydroxylation is 1. The minimum Gasteiger partial charge on any atom is -0.299 e. The molecule has 0 saturated heterocycles. The van der Waals surface area contributed by atoms with E-state index >= 15 is 0 Å². The van der Waals surface area contributed by atoms with Crippen LogP contribution in [0.3, 0.4) is 0 Å². The summed E-state index contributed by atoms with van der Waals surface area (Å²) in [5.74, 6) is 6.54. The topological polar surface area (TPSA) is 48.5 Å². The molecule has 1 aromatic carbocycles. The molecule has 0 fully saturated rings. The molecule has 0 radical (unpaired) electrons. The van der Waals surface area contributed by atoms with Crippen molar-refractivity contribution in [1.29, 1.82) is 0 Å². The van der Waals surface area contributed by atoms with Crippen molar-refractivity contribution in [3.05, 3.63) is 53.4 Å². The highest BCUT2D eigenvalue weighted by Gasteiger charge is 2.22. The minimum atomic E-state index is -0.0560. The van der Waals surface area contributed by atoms with E-state index in [4.69, 9.17) is 0 Å². The number of rotatable bonds is 0. The van der Waals surface area contributed by atoms with Crippen LogP contribution >= 0.6 is 0 Å². The van der Waals surface area contributed by atoms with Crippen molar-refractivity contribution < 1.29 is 0 Å². The molecule has 5 heteroatoms. The fourth-order valence-electron chi connectivity index (χ4n) is 2.86. The molecule has 0 bridgehead atoms. The smallest absolute Gasteiger partial charge is 0.135 e. The van der Waals surface area contributed by atoms with E-state index < -0.39 is 0 Å². The molecule has 3 aromatic rings. The van der Waals surface area contributed by atoms with E-state index in [0.717, 1.165) is 28.5 Å². The van der Waals surface area contributed by atoms with Crippen molar-refractivity contribution in [2.75, 3.05) is 0 Å². The van der Waals surface area contributed by atoms with Gasteiger partial charge in [-0.2, -0.15) is 0 Å². The van der Waals surface area contributed by atoms with Crippen LogP contribution < -0.4 is 0 Å². The molecular formula is C19H19N5. The fraction of sp³-hybridized carbons (Fsp3) is 0.316. The van der Waals surface area contributed by atoms with E-state index in [9.17, 15) is 0 Å². The molecule has 1 aliphatic rings. The van der Waals surface area contributed by atoms with Gasteiger partial charge < -0.3 is 0 Å².